The highest BCUT2D eigenvalue weighted by atomic mass is 32.2. The van der Waals surface area contributed by atoms with Gasteiger partial charge in [0.15, 0.2) is 0 Å². The molecule has 68 valence electrons. The first-order chi connectivity index (χ1) is 5.84. The topological polar surface area (TPSA) is 29.3 Å². The molecule has 0 aromatic rings. The van der Waals surface area contributed by atoms with E-state index >= 15 is 0 Å². The normalized spacial score (nSPS) is 43.8. The second-order valence-electron chi connectivity index (χ2n) is 4.43. The van der Waals surface area contributed by atoms with Gasteiger partial charge in [0.2, 0.25) is 0 Å². The van der Waals surface area contributed by atoms with E-state index in [1.165, 1.54) is 31.6 Å². The molecule has 3 fully saturated rings. The first-order valence-electron chi connectivity index (χ1n) is 4.92. The van der Waals surface area contributed by atoms with Gasteiger partial charge in [0, 0.05) is 35.7 Å². The molecule has 2 nitrogen and oxygen atoms in total. The van der Waals surface area contributed by atoms with Crippen LogP contribution in [0.1, 0.15) is 19.3 Å². The molecule has 0 aromatic carbocycles. The second-order valence-corrected chi connectivity index (χ2v) is 5.76. The quantitative estimate of drug-likeness (QED) is 0.684. The van der Waals surface area contributed by atoms with Crippen molar-refractivity contribution >= 4 is 11.8 Å². The van der Waals surface area contributed by atoms with Crippen LogP contribution in [-0.4, -0.2) is 40.6 Å². The van der Waals surface area contributed by atoms with Crippen LogP contribution >= 0.6 is 11.8 Å². The van der Waals surface area contributed by atoms with E-state index in [9.17, 15) is 0 Å². The molecular weight excluding hydrogens is 168 g/mol. The van der Waals surface area contributed by atoms with Gasteiger partial charge in [-0.15, -0.1) is 0 Å². The lowest BCUT2D eigenvalue weighted by molar-refractivity contribution is 0.176. The third-order valence-corrected chi connectivity index (χ3v) is 5.11. The monoisotopic (exact) mass is 184 g/mol. The third-order valence-electron chi connectivity index (χ3n) is 3.72. The molecule has 12 heavy (non-hydrogen) atoms. The summed E-state index contributed by atoms with van der Waals surface area (Å²) >= 11 is 2.17. The number of hydrogen-bond donors (Lipinski definition) is 1. The molecule has 2 heterocycles. The number of nitrogens with zero attached hydrogens (tertiary/aromatic N) is 1. The molecule has 2 saturated heterocycles. The maximum atomic E-state index is 5.83. The number of rotatable bonds is 2. The van der Waals surface area contributed by atoms with Gasteiger partial charge >= 0.3 is 0 Å². The molecule has 1 aliphatic carbocycles. The molecule has 0 spiro atoms. The van der Waals surface area contributed by atoms with Gasteiger partial charge < -0.3 is 5.73 Å². The van der Waals surface area contributed by atoms with Crippen molar-refractivity contribution in [3.8, 4) is 0 Å². The van der Waals surface area contributed by atoms with E-state index in [4.69, 9.17) is 5.73 Å². The predicted octanol–water partition coefficient (Wildman–Crippen LogP) is 0.667. The van der Waals surface area contributed by atoms with Gasteiger partial charge in [-0.3, -0.25) is 4.90 Å². The highest BCUT2D eigenvalue weighted by Gasteiger charge is 2.54. The summed E-state index contributed by atoms with van der Waals surface area (Å²) in [6.07, 6.45) is 4.15. The number of fused-ring (bicyclic) bond motifs is 2. The number of likely N-dealkylation sites (tertiary alicyclic amines) is 1. The Bertz CT molecular complexity index is 203. The zero-order chi connectivity index (χ0) is 8.18. The first-order valence-corrected chi connectivity index (χ1v) is 5.97. The van der Waals surface area contributed by atoms with E-state index in [-0.39, 0.29) is 0 Å². The SMILES string of the molecule is NCC1(N2CC3CC2CS3)CC1. The van der Waals surface area contributed by atoms with Crippen LogP contribution in [0.25, 0.3) is 0 Å². The van der Waals surface area contributed by atoms with E-state index in [1.54, 1.807) is 0 Å². The molecule has 3 heteroatoms. The van der Waals surface area contributed by atoms with Gasteiger partial charge in [-0.1, -0.05) is 0 Å². The van der Waals surface area contributed by atoms with Crippen LogP contribution in [0.3, 0.4) is 0 Å². The van der Waals surface area contributed by atoms with Crippen LogP contribution in [0.2, 0.25) is 0 Å². The van der Waals surface area contributed by atoms with Crippen molar-refractivity contribution in [2.45, 2.75) is 36.1 Å². The number of hydrogen-bond acceptors (Lipinski definition) is 3. The zero-order valence-electron chi connectivity index (χ0n) is 7.33. The molecular formula is C9H16N2S. The van der Waals surface area contributed by atoms with Crippen LogP contribution in [-0.2, 0) is 0 Å². The Hall–Kier alpha value is 0.270. The number of thioether (sulfide) groups is 1. The van der Waals surface area contributed by atoms with E-state index < -0.39 is 0 Å². The summed E-state index contributed by atoms with van der Waals surface area (Å²) in [5.74, 6) is 1.37. The molecule has 0 amide bonds. The van der Waals surface area contributed by atoms with Crippen molar-refractivity contribution < 1.29 is 0 Å². The summed E-state index contributed by atoms with van der Waals surface area (Å²) in [7, 11) is 0. The van der Waals surface area contributed by atoms with Crippen LogP contribution in [0.4, 0.5) is 0 Å². The van der Waals surface area contributed by atoms with E-state index in [0.29, 0.717) is 5.54 Å². The Morgan fingerprint density at radius 3 is 2.75 bits per heavy atom. The summed E-state index contributed by atoms with van der Waals surface area (Å²) in [6, 6.07) is 0.881. The average molecular weight is 184 g/mol. The van der Waals surface area contributed by atoms with Crippen LogP contribution in [0.5, 0.6) is 0 Å². The Kier molecular flexibility index (Phi) is 1.53. The molecule has 3 aliphatic rings. The van der Waals surface area contributed by atoms with Crippen molar-refractivity contribution in [2.24, 2.45) is 5.73 Å². The summed E-state index contributed by atoms with van der Waals surface area (Å²) in [6.45, 7) is 2.22. The van der Waals surface area contributed by atoms with Crippen LogP contribution in [0.15, 0.2) is 0 Å². The third kappa shape index (κ3) is 0.903. The van der Waals surface area contributed by atoms with Gasteiger partial charge in [0.1, 0.15) is 0 Å². The van der Waals surface area contributed by atoms with E-state index in [2.05, 4.69) is 16.7 Å². The summed E-state index contributed by atoms with van der Waals surface area (Å²) in [5, 5.41) is 0.944. The summed E-state index contributed by atoms with van der Waals surface area (Å²) < 4.78 is 0. The van der Waals surface area contributed by atoms with Crippen LogP contribution in [0, 0.1) is 0 Å². The smallest absolute Gasteiger partial charge is 0.0336 e. The lowest BCUT2D eigenvalue weighted by Crippen LogP contribution is -2.48. The molecule has 3 rings (SSSR count). The van der Waals surface area contributed by atoms with Crippen molar-refractivity contribution in [1.82, 2.24) is 4.90 Å². The molecule has 2 atom stereocenters. The molecule has 2 N–H and O–H groups in total. The van der Waals surface area contributed by atoms with Crippen molar-refractivity contribution in [3.05, 3.63) is 0 Å². The summed E-state index contributed by atoms with van der Waals surface area (Å²) in [5.41, 5.74) is 6.30. The molecule has 0 radical (unpaired) electrons. The Balaban J connectivity index is 1.78. The lowest BCUT2D eigenvalue weighted by atomic mass is 10.2. The van der Waals surface area contributed by atoms with Crippen LogP contribution < -0.4 is 5.73 Å². The predicted molar refractivity (Wildman–Crippen MR) is 52.4 cm³/mol. The highest BCUT2D eigenvalue weighted by Crippen LogP contribution is 2.49. The minimum absolute atomic E-state index is 0.473. The molecule has 2 unspecified atom stereocenters. The molecule has 0 aromatic heterocycles. The van der Waals surface area contributed by atoms with Gasteiger partial charge in [0.25, 0.3) is 0 Å². The largest absolute Gasteiger partial charge is 0.329 e. The lowest BCUT2D eigenvalue weighted by Gasteiger charge is -2.34. The van der Waals surface area contributed by atoms with Gasteiger partial charge in [-0.05, 0) is 19.3 Å². The fourth-order valence-corrected chi connectivity index (χ4v) is 4.17. The first kappa shape index (κ1) is 7.65. The van der Waals surface area contributed by atoms with Gasteiger partial charge in [0.05, 0.1) is 0 Å². The van der Waals surface area contributed by atoms with E-state index in [1.807, 2.05) is 0 Å². The fourth-order valence-electron chi connectivity index (χ4n) is 2.73. The standard InChI is InChI=1S/C9H16N2S/c10-6-9(1-2-9)11-4-8-3-7(11)5-12-8/h7-8H,1-6,10H2. The van der Waals surface area contributed by atoms with Gasteiger partial charge in [-0.25, -0.2) is 0 Å². The molecule has 2 bridgehead atoms. The highest BCUT2D eigenvalue weighted by molar-refractivity contribution is 8.00. The van der Waals surface area contributed by atoms with E-state index in [0.717, 1.165) is 17.8 Å². The maximum absolute atomic E-state index is 5.83. The zero-order valence-corrected chi connectivity index (χ0v) is 8.15. The fraction of sp³-hybridized carbons (Fsp3) is 1.00. The van der Waals surface area contributed by atoms with Gasteiger partial charge in [-0.2, -0.15) is 11.8 Å². The maximum Gasteiger partial charge on any atom is 0.0336 e. The Morgan fingerprint density at radius 2 is 2.33 bits per heavy atom. The van der Waals surface area contributed by atoms with Crippen molar-refractivity contribution in [2.75, 3.05) is 18.8 Å². The minimum Gasteiger partial charge on any atom is -0.329 e. The second kappa shape index (κ2) is 2.40. The Labute approximate surface area is 77.9 Å². The number of nitrogens with two attached hydrogens (primary N) is 1. The Morgan fingerprint density at radius 1 is 1.50 bits per heavy atom. The van der Waals surface area contributed by atoms with Crippen molar-refractivity contribution in [3.63, 3.8) is 0 Å². The molecule has 2 aliphatic heterocycles. The minimum atomic E-state index is 0.473. The van der Waals surface area contributed by atoms with Crippen molar-refractivity contribution in [1.29, 1.82) is 0 Å². The molecule has 1 saturated carbocycles. The average Bonchev–Trinajstić information content (AvgIpc) is 2.62. The summed E-state index contributed by atoms with van der Waals surface area (Å²) in [4.78, 5) is 2.72.